The van der Waals surface area contributed by atoms with E-state index in [2.05, 4.69) is 16.2 Å². The molecule has 0 aliphatic carbocycles. The maximum atomic E-state index is 13.4. The van der Waals surface area contributed by atoms with Crippen LogP contribution in [0, 0.1) is 12.7 Å². The van der Waals surface area contributed by atoms with Crippen molar-refractivity contribution in [3.05, 3.63) is 64.4 Å². The second kappa shape index (κ2) is 6.95. The minimum atomic E-state index is -0.434. The van der Waals surface area contributed by atoms with Crippen molar-refractivity contribution >= 4 is 23.3 Å². The molecule has 3 N–H and O–H groups in total. The van der Waals surface area contributed by atoms with Crippen LogP contribution in [0.2, 0.25) is 5.02 Å². The molecule has 0 saturated carbocycles. The first-order valence-electron chi connectivity index (χ1n) is 6.35. The van der Waals surface area contributed by atoms with Gasteiger partial charge in [0.25, 0.3) is 0 Å². The van der Waals surface area contributed by atoms with Gasteiger partial charge >= 0.3 is 6.03 Å². The highest BCUT2D eigenvalue weighted by Gasteiger charge is 2.04. The van der Waals surface area contributed by atoms with Crippen molar-refractivity contribution in [3.8, 4) is 0 Å². The Hall–Kier alpha value is -2.27. The number of halogens is 2. The molecule has 21 heavy (non-hydrogen) atoms. The van der Waals surface area contributed by atoms with Crippen molar-refractivity contribution in [2.75, 3.05) is 5.43 Å². The number of carbonyl (C=O) groups is 1. The monoisotopic (exact) mass is 307 g/mol. The first-order valence-corrected chi connectivity index (χ1v) is 6.73. The zero-order valence-corrected chi connectivity index (χ0v) is 12.2. The normalized spacial score (nSPS) is 10.0. The fraction of sp³-hybridized carbons (Fsp3) is 0.133. The first kappa shape index (κ1) is 15.1. The van der Waals surface area contributed by atoms with E-state index in [9.17, 15) is 9.18 Å². The summed E-state index contributed by atoms with van der Waals surface area (Å²) >= 11 is 5.94. The Morgan fingerprint density at radius 1 is 1.24 bits per heavy atom. The molecule has 0 atom stereocenters. The summed E-state index contributed by atoms with van der Waals surface area (Å²) in [5, 5.41) is 3.11. The summed E-state index contributed by atoms with van der Waals surface area (Å²) in [6.45, 7) is 1.92. The predicted octanol–water partition coefficient (Wildman–Crippen LogP) is 3.61. The van der Waals surface area contributed by atoms with E-state index in [-0.39, 0.29) is 12.4 Å². The minimum Gasteiger partial charge on any atom is -0.333 e. The van der Waals surface area contributed by atoms with Crippen molar-refractivity contribution in [2.45, 2.75) is 13.5 Å². The van der Waals surface area contributed by atoms with Crippen LogP contribution in [0.25, 0.3) is 0 Å². The van der Waals surface area contributed by atoms with Gasteiger partial charge in [-0.1, -0.05) is 35.9 Å². The molecule has 0 fully saturated rings. The van der Waals surface area contributed by atoms with Gasteiger partial charge in [0.2, 0.25) is 0 Å². The van der Waals surface area contributed by atoms with E-state index in [4.69, 9.17) is 11.6 Å². The fourth-order valence-electron chi connectivity index (χ4n) is 1.66. The fourth-order valence-corrected chi connectivity index (χ4v) is 1.84. The van der Waals surface area contributed by atoms with E-state index in [1.165, 1.54) is 6.07 Å². The number of anilines is 1. The van der Waals surface area contributed by atoms with Crippen LogP contribution in [0.15, 0.2) is 42.5 Å². The third kappa shape index (κ3) is 4.36. The summed E-state index contributed by atoms with van der Waals surface area (Å²) in [5.41, 5.74) is 7.01. The van der Waals surface area contributed by atoms with Gasteiger partial charge in [-0.3, -0.25) is 10.9 Å². The number of amides is 2. The molecule has 2 rings (SSSR count). The first-order chi connectivity index (χ1) is 10.1. The zero-order valence-electron chi connectivity index (χ0n) is 11.4. The van der Waals surface area contributed by atoms with Crippen LogP contribution in [-0.4, -0.2) is 6.03 Å². The van der Waals surface area contributed by atoms with Gasteiger partial charge in [-0.05, 0) is 36.2 Å². The number of rotatable bonds is 4. The molecule has 0 aliphatic heterocycles. The van der Waals surface area contributed by atoms with Gasteiger partial charge in [-0.15, -0.1) is 0 Å². The molecule has 0 radical (unpaired) electrons. The third-order valence-electron chi connectivity index (χ3n) is 2.87. The van der Waals surface area contributed by atoms with E-state index >= 15 is 0 Å². The molecule has 0 aromatic heterocycles. The average Bonchev–Trinajstić information content (AvgIpc) is 2.47. The van der Waals surface area contributed by atoms with Crippen molar-refractivity contribution in [1.82, 2.24) is 10.7 Å². The second-order valence-electron chi connectivity index (χ2n) is 4.50. The highest BCUT2D eigenvalue weighted by molar-refractivity contribution is 6.33. The van der Waals surface area contributed by atoms with Gasteiger partial charge in [0.05, 0.1) is 10.7 Å². The summed E-state index contributed by atoms with van der Waals surface area (Å²) in [5.74, 6) is -0.288. The molecular weight excluding hydrogens is 293 g/mol. The zero-order chi connectivity index (χ0) is 15.2. The number of nitrogens with one attached hydrogen (secondary N) is 3. The Bertz CT molecular complexity index is 649. The van der Waals surface area contributed by atoms with E-state index in [1.54, 1.807) is 43.3 Å². The molecule has 110 valence electrons. The molecule has 0 saturated heterocycles. The molecule has 0 aliphatic rings. The lowest BCUT2D eigenvalue weighted by Gasteiger charge is -2.11. The Morgan fingerprint density at radius 2 is 2.00 bits per heavy atom. The predicted molar refractivity (Wildman–Crippen MR) is 81.6 cm³/mol. The summed E-state index contributed by atoms with van der Waals surface area (Å²) in [6, 6.07) is 11.4. The molecule has 2 aromatic carbocycles. The summed E-state index contributed by atoms with van der Waals surface area (Å²) in [4.78, 5) is 11.6. The second-order valence-corrected chi connectivity index (χ2v) is 4.90. The van der Waals surface area contributed by atoms with Crippen LogP contribution in [0.4, 0.5) is 14.9 Å². The lowest BCUT2D eigenvalue weighted by Crippen LogP contribution is -2.38. The average molecular weight is 308 g/mol. The number of benzene rings is 2. The smallest absolute Gasteiger partial charge is 0.333 e. The van der Waals surface area contributed by atoms with E-state index in [0.29, 0.717) is 21.8 Å². The number of hydrazine groups is 1. The number of para-hydroxylation sites is 1. The van der Waals surface area contributed by atoms with Gasteiger partial charge in [0.15, 0.2) is 0 Å². The molecule has 0 unspecified atom stereocenters. The molecule has 6 heteroatoms. The van der Waals surface area contributed by atoms with Gasteiger partial charge < -0.3 is 5.32 Å². The van der Waals surface area contributed by atoms with Gasteiger partial charge in [-0.25, -0.2) is 9.18 Å². The molecule has 2 aromatic rings. The van der Waals surface area contributed by atoms with E-state index in [0.717, 1.165) is 0 Å². The molecule has 0 heterocycles. The summed E-state index contributed by atoms with van der Waals surface area (Å²) in [6.07, 6.45) is 0. The summed E-state index contributed by atoms with van der Waals surface area (Å²) < 4.78 is 13.4. The maximum absolute atomic E-state index is 13.4. The van der Waals surface area contributed by atoms with Gasteiger partial charge in [0, 0.05) is 6.54 Å². The van der Waals surface area contributed by atoms with Crippen LogP contribution in [0.1, 0.15) is 11.1 Å². The minimum absolute atomic E-state index is 0.229. The molecule has 4 nitrogen and oxygen atoms in total. The lowest BCUT2D eigenvalue weighted by molar-refractivity contribution is 0.242. The maximum Gasteiger partial charge on any atom is 0.333 e. The van der Waals surface area contributed by atoms with E-state index in [1.807, 2.05) is 0 Å². The third-order valence-corrected chi connectivity index (χ3v) is 3.20. The molecule has 2 amide bonds. The molecule has 0 spiro atoms. The van der Waals surface area contributed by atoms with Crippen LogP contribution in [0.5, 0.6) is 0 Å². The number of aryl methyl sites for hydroxylation is 1. The SMILES string of the molecule is Cc1ccc(CNC(=O)NNc2ccccc2Cl)cc1F. The molecular formula is C15H15ClFN3O. The van der Waals surface area contributed by atoms with Crippen LogP contribution in [0.3, 0.4) is 0 Å². The van der Waals surface area contributed by atoms with E-state index < -0.39 is 6.03 Å². The van der Waals surface area contributed by atoms with Crippen molar-refractivity contribution < 1.29 is 9.18 Å². The number of hydrogen-bond donors (Lipinski definition) is 3. The van der Waals surface area contributed by atoms with Crippen LogP contribution < -0.4 is 16.2 Å². The summed E-state index contributed by atoms with van der Waals surface area (Å²) in [7, 11) is 0. The van der Waals surface area contributed by atoms with Gasteiger partial charge in [-0.2, -0.15) is 0 Å². The lowest BCUT2D eigenvalue weighted by atomic mass is 10.1. The van der Waals surface area contributed by atoms with Crippen LogP contribution >= 0.6 is 11.6 Å². The van der Waals surface area contributed by atoms with Crippen molar-refractivity contribution in [1.29, 1.82) is 0 Å². The largest absolute Gasteiger partial charge is 0.333 e. The van der Waals surface area contributed by atoms with Gasteiger partial charge in [0.1, 0.15) is 5.82 Å². The topological polar surface area (TPSA) is 53.2 Å². The number of carbonyl (C=O) groups excluding carboxylic acids is 1. The Kier molecular flexibility index (Phi) is 5.00. The molecule has 0 bridgehead atoms. The number of hydrogen-bond acceptors (Lipinski definition) is 2. The highest BCUT2D eigenvalue weighted by atomic mass is 35.5. The standard InChI is InChI=1S/C15H15ClFN3O/c1-10-6-7-11(8-13(10)17)9-18-15(21)20-19-14-5-3-2-4-12(14)16/h2-8,19H,9H2,1H3,(H2,18,20,21). The van der Waals surface area contributed by atoms with Crippen molar-refractivity contribution in [2.24, 2.45) is 0 Å². The number of urea groups is 1. The highest BCUT2D eigenvalue weighted by Crippen LogP contribution is 2.19. The Labute approximate surface area is 127 Å². The van der Waals surface area contributed by atoms with Crippen molar-refractivity contribution in [3.63, 3.8) is 0 Å². The van der Waals surface area contributed by atoms with Crippen LogP contribution in [-0.2, 0) is 6.54 Å². The Balaban J connectivity index is 1.82. The quantitative estimate of drug-likeness (QED) is 0.756. The Morgan fingerprint density at radius 3 is 2.71 bits per heavy atom.